The highest BCUT2D eigenvalue weighted by Gasteiger charge is 2.30. The van der Waals surface area contributed by atoms with E-state index in [-0.39, 0.29) is 0 Å². The fourth-order valence-electron chi connectivity index (χ4n) is 7.72. The van der Waals surface area contributed by atoms with E-state index < -0.39 is 0 Å². The average Bonchev–Trinajstić information content (AvgIpc) is 3.73. The van der Waals surface area contributed by atoms with E-state index in [0.717, 1.165) is 32.8 Å². The number of fused-ring (bicyclic) bond motifs is 9. The minimum Gasteiger partial charge on any atom is -0.278 e. The maximum Gasteiger partial charge on any atom is 0.236 e. The Kier molecular flexibility index (Phi) is 5.70. The maximum atomic E-state index is 5.56. The Bertz CT molecular complexity index is 2960. The lowest BCUT2D eigenvalue weighted by molar-refractivity contribution is 1.12. The van der Waals surface area contributed by atoms with Crippen molar-refractivity contribution in [3.8, 4) is 33.5 Å². The van der Waals surface area contributed by atoms with Crippen molar-refractivity contribution in [2.45, 2.75) is 0 Å². The summed E-state index contributed by atoms with van der Waals surface area (Å²) in [7, 11) is 0. The van der Waals surface area contributed by atoms with E-state index in [0.29, 0.717) is 5.95 Å². The van der Waals surface area contributed by atoms with E-state index in [4.69, 9.17) is 9.97 Å². The summed E-state index contributed by atoms with van der Waals surface area (Å²) < 4.78 is 3.78. The zero-order chi connectivity index (χ0) is 32.1. The molecule has 1 aliphatic heterocycles. The van der Waals surface area contributed by atoms with Gasteiger partial charge < -0.3 is 0 Å². The predicted octanol–water partition coefficient (Wildman–Crippen LogP) is 13.1. The third kappa shape index (κ3) is 3.94. The summed E-state index contributed by atoms with van der Waals surface area (Å²) in [4.78, 5) is 14.3. The molecule has 0 atom stereocenters. The fraction of sp³-hybridized carbons (Fsp3) is 0. The molecule has 5 heteroatoms. The second-order valence-electron chi connectivity index (χ2n) is 12.5. The normalized spacial score (nSPS) is 12.4. The summed E-state index contributed by atoms with van der Waals surface area (Å²) in [6.07, 6.45) is 0. The average molecular weight is 660 g/mol. The Labute approximate surface area is 290 Å². The summed E-state index contributed by atoms with van der Waals surface area (Å²) in [5, 5.41) is 7.42. The van der Waals surface area contributed by atoms with Crippen molar-refractivity contribution in [1.82, 2.24) is 9.97 Å². The van der Waals surface area contributed by atoms with Crippen LogP contribution in [0.1, 0.15) is 0 Å². The standard InChI is InChI=1S/C44H25N3S2/c1-2-12-26(13-3-1)27-14-10-15-28(24-27)42-41-32-18-6-9-23-37(32)49-43(41)46-44(45-42)47-34-21-7-4-16-29(34)30-19-11-20-33-39(30)35(47)25-38-40(33)31-17-5-8-22-36(31)48-38/h1-25H. The number of anilines is 3. The molecule has 3 nitrogen and oxygen atoms in total. The highest BCUT2D eigenvalue weighted by molar-refractivity contribution is 7.26. The van der Waals surface area contributed by atoms with Crippen molar-refractivity contribution < 1.29 is 0 Å². The van der Waals surface area contributed by atoms with Crippen molar-refractivity contribution in [3.63, 3.8) is 0 Å². The van der Waals surface area contributed by atoms with Crippen LogP contribution in [0.15, 0.2) is 152 Å². The first-order chi connectivity index (χ1) is 24.3. The van der Waals surface area contributed by atoms with E-state index in [2.05, 4.69) is 157 Å². The number of hydrogen-bond acceptors (Lipinski definition) is 5. The molecule has 0 radical (unpaired) electrons. The molecule has 0 saturated carbocycles. The van der Waals surface area contributed by atoms with Gasteiger partial charge in [-0.3, -0.25) is 4.90 Å². The first-order valence-electron chi connectivity index (χ1n) is 16.4. The number of nitrogens with zero attached hydrogens (tertiary/aromatic N) is 3. The molecule has 7 aromatic carbocycles. The molecule has 0 bridgehead atoms. The van der Waals surface area contributed by atoms with Gasteiger partial charge in [0.25, 0.3) is 0 Å². The zero-order valence-corrected chi connectivity index (χ0v) is 27.7. The molecular formula is C44H25N3S2. The molecule has 3 aromatic heterocycles. The largest absolute Gasteiger partial charge is 0.278 e. The van der Waals surface area contributed by atoms with Crippen molar-refractivity contribution in [1.29, 1.82) is 0 Å². The molecule has 1 aliphatic rings. The van der Waals surface area contributed by atoms with Gasteiger partial charge in [0.15, 0.2) is 0 Å². The molecule has 10 aromatic rings. The van der Waals surface area contributed by atoms with Crippen LogP contribution in [0, 0.1) is 0 Å². The Balaban J connectivity index is 1.24. The summed E-state index contributed by atoms with van der Waals surface area (Å²) in [5.41, 5.74) is 9.02. The third-order valence-corrected chi connectivity index (χ3v) is 12.0. The lowest BCUT2D eigenvalue weighted by Gasteiger charge is -2.32. The van der Waals surface area contributed by atoms with Crippen LogP contribution in [0.5, 0.6) is 0 Å². The molecule has 0 amide bonds. The Hall–Kier alpha value is -5.88. The summed E-state index contributed by atoms with van der Waals surface area (Å²) in [5.74, 6) is 0.683. The second kappa shape index (κ2) is 10.3. The Morgan fingerprint density at radius 1 is 0.408 bits per heavy atom. The molecule has 0 unspecified atom stereocenters. The molecule has 11 rings (SSSR count). The quantitative estimate of drug-likeness (QED) is 0.189. The van der Waals surface area contributed by atoms with Crippen LogP contribution in [-0.2, 0) is 0 Å². The number of aromatic nitrogens is 2. The highest BCUT2D eigenvalue weighted by atomic mass is 32.1. The van der Waals surface area contributed by atoms with Gasteiger partial charge >= 0.3 is 0 Å². The minimum absolute atomic E-state index is 0.683. The SMILES string of the molecule is c1ccc(-c2cccc(-c3nc(N4c5ccccc5-c5cccc6c5c4cc4sc5ccccc5c46)nc4sc5ccccc5c34)c2)cc1. The molecule has 0 saturated heterocycles. The van der Waals surface area contributed by atoms with E-state index in [1.54, 1.807) is 11.3 Å². The van der Waals surface area contributed by atoms with E-state index >= 15 is 0 Å². The van der Waals surface area contributed by atoms with Crippen LogP contribution in [0.4, 0.5) is 17.3 Å². The van der Waals surface area contributed by atoms with Crippen molar-refractivity contribution in [3.05, 3.63) is 152 Å². The fourth-order valence-corrected chi connectivity index (χ4v) is 9.94. The molecule has 49 heavy (non-hydrogen) atoms. The van der Waals surface area contributed by atoms with Gasteiger partial charge in [0.2, 0.25) is 5.95 Å². The van der Waals surface area contributed by atoms with E-state index in [9.17, 15) is 0 Å². The molecule has 0 spiro atoms. The maximum absolute atomic E-state index is 5.56. The predicted molar refractivity (Wildman–Crippen MR) is 210 cm³/mol. The van der Waals surface area contributed by atoms with Crippen molar-refractivity contribution in [2.24, 2.45) is 0 Å². The topological polar surface area (TPSA) is 29.0 Å². The van der Waals surface area contributed by atoms with Gasteiger partial charge in [-0.1, -0.05) is 121 Å². The van der Waals surface area contributed by atoms with Gasteiger partial charge in [0.05, 0.1) is 17.1 Å². The Morgan fingerprint density at radius 2 is 1.06 bits per heavy atom. The van der Waals surface area contributed by atoms with Crippen LogP contribution >= 0.6 is 22.7 Å². The summed E-state index contributed by atoms with van der Waals surface area (Å²) in [6, 6.07) is 54.6. The first kappa shape index (κ1) is 27.1. The number of rotatable bonds is 3. The Morgan fingerprint density at radius 3 is 1.94 bits per heavy atom. The molecular weight excluding hydrogens is 635 g/mol. The lowest BCUT2D eigenvalue weighted by atomic mass is 9.89. The van der Waals surface area contributed by atoms with Crippen LogP contribution in [-0.4, -0.2) is 9.97 Å². The number of thiophene rings is 2. The zero-order valence-electron chi connectivity index (χ0n) is 26.1. The second-order valence-corrected chi connectivity index (χ2v) is 14.7. The van der Waals surface area contributed by atoms with E-state index in [1.807, 2.05) is 11.3 Å². The number of para-hydroxylation sites is 1. The van der Waals surface area contributed by atoms with Gasteiger partial charge in [-0.15, -0.1) is 22.7 Å². The van der Waals surface area contributed by atoms with Crippen LogP contribution in [0.3, 0.4) is 0 Å². The first-order valence-corrected chi connectivity index (χ1v) is 18.1. The monoisotopic (exact) mass is 659 g/mol. The van der Waals surface area contributed by atoms with Crippen molar-refractivity contribution >= 4 is 91.2 Å². The molecule has 0 aliphatic carbocycles. The van der Waals surface area contributed by atoms with Crippen molar-refractivity contribution in [2.75, 3.05) is 4.90 Å². The van der Waals surface area contributed by atoms with Crippen LogP contribution < -0.4 is 4.90 Å². The van der Waals surface area contributed by atoms with Gasteiger partial charge in [0.1, 0.15) is 4.83 Å². The molecule has 0 fully saturated rings. The van der Waals surface area contributed by atoms with Gasteiger partial charge in [-0.05, 0) is 52.4 Å². The van der Waals surface area contributed by atoms with Gasteiger partial charge in [0, 0.05) is 52.2 Å². The lowest BCUT2D eigenvalue weighted by Crippen LogP contribution is -2.18. The minimum atomic E-state index is 0.683. The third-order valence-electron chi connectivity index (χ3n) is 9.83. The summed E-state index contributed by atoms with van der Waals surface area (Å²) in [6.45, 7) is 0. The molecule has 4 heterocycles. The molecule has 228 valence electrons. The summed E-state index contributed by atoms with van der Waals surface area (Å²) >= 11 is 3.59. The van der Waals surface area contributed by atoms with E-state index in [1.165, 1.54) is 63.3 Å². The number of benzene rings is 7. The highest BCUT2D eigenvalue weighted by Crippen LogP contribution is 2.54. The van der Waals surface area contributed by atoms with Crippen LogP contribution in [0.25, 0.3) is 84.8 Å². The number of hydrogen-bond donors (Lipinski definition) is 0. The van der Waals surface area contributed by atoms with Gasteiger partial charge in [-0.25, -0.2) is 9.97 Å². The smallest absolute Gasteiger partial charge is 0.236 e. The molecule has 0 N–H and O–H groups in total. The van der Waals surface area contributed by atoms with Crippen LogP contribution in [0.2, 0.25) is 0 Å². The van der Waals surface area contributed by atoms with Gasteiger partial charge in [-0.2, -0.15) is 0 Å².